The van der Waals surface area contributed by atoms with Crippen LogP contribution in [0.1, 0.15) is 354 Å². The molecule has 67 heavy (non-hydrogen) atoms. The Bertz CT molecular complexity index is 978. The Balaban J connectivity index is 3.40. The molecule has 0 aromatic carbocycles. The number of aliphatic hydroxyl groups excluding tert-OH is 2. The van der Waals surface area contributed by atoms with Gasteiger partial charge in [-0.2, -0.15) is 0 Å². The Morgan fingerprint density at radius 2 is 0.582 bits per heavy atom. The molecule has 1 amide bonds. The molecule has 0 fully saturated rings. The lowest BCUT2D eigenvalue weighted by Crippen LogP contribution is -2.45. The lowest BCUT2D eigenvalue weighted by Gasteiger charge is -2.19. The molecule has 0 radical (unpaired) electrons. The van der Waals surface area contributed by atoms with Crippen LogP contribution in [0.4, 0.5) is 0 Å². The molecule has 0 aromatic rings. The number of hydrogen-bond acceptors (Lipinski definition) is 3. The first-order valence-electron chi connectivity index (χ1n) is 31.1. The van der Waals surface area contributed by atoms with Gasteiger partial charge in [0.05, 0.1) is 18.8 Å². The van der Waals surface area contributed by atoms with E-state index < -0.39 is 12.1 Å². The molecule has 0 rings (SSSR count). The summed E-state index contributed by atoms with van der Waals surface area (Å²) in [6, 6.07) is -0.636. The number of allylic oxidation sites excluding steroid dienone is 3. The molecule has 0 aromatic heterocycles. The summed E-state index contributed by atoms with van der Waals surface area (Å²) in [5.41, 5.74) is 0. The zero-order valence-electron chi connectivity index (χ0n) is 46.0. The van der Waals surface area contributed by atoms with Gasteiger partial charge >= 0.3 is 0 Å². The van der Waals surface area contributed by atoms with Gasteiger partial charge in [-0.1, -0.05) is 340 Å². The fraction of sp³-hybridized carbons (Fsp3) is 0.921. The Hall–Kier alpha value is -1.13. The standard InChI is InChI=1S/C63H123NO3/c1-3-5-7-9-11-13-15-17-19-21-23-24-25-26-27-28-29-30-31-32-33-34-35-36-37-38-39-41-43-45-47-49-51-53-55-57-59-63(67)64-61(60-65)62(66)58-56-54-52-50-48-46-44-42-40-22-20-18-16-14-12-10-8-6-4-2/h48,50,56,58,61-62,65-66H,3-47,49,51-55,57,59-60H2,1-2H3,(H,64,67)/b50-48+,58-56+. The molecule has 2 unspecified atom stereocenters. The summed E-state index contributed by atoms with van der Waals surface area (Å²) in [7, 11) is 0. The van der Waals surface area contributed by atoms with E-state index in [0.29, 0.717) is 6.42 Å². The van der Waals surface area contributed by atoms with E-state index in [4.69, 9.17) is 0 Å². The van der Waals surface area contributed by atoms with Gasteiger partial charge in [0.15, 0.2) is 0 Å². The molecule has 4 nitrogen and oxygen atoms in total. The second-order valence-electron chi connectivity index (χ2n) is 21.5. The zero-order valence-corrected chi connectivity index (χ0v) is 46.0. The summed E-state index contributed by atoms with van der Waals surface area (Å²) in [6.07, 6.45) is 79.6. The van der Waals surface area contributed by atoms with Crippen molar-refractivity contribution in [2.75, 3.05) is 6.61 Å². The summed E-state index contributed by atoms with van der Waals surface area (Å²) in [4.78, 5) is 12.5. The number of amides is 1. The molecule has 0 saturated heterocycles. The van der Waals surface area contributed by atoms with Gasteiger partial charge in [-0.05, 0) is 32.1 Å². The van der Waals surface area contributed by atoms with E-state index in [1.165, 1.54) is 302 Å². The monoisotopic (exact) mass is 942 g/mol. The van der Waals surface area contributed by atoms with Gasteiger partial charge in [-0.15, -0.1) is 0 Å². The number of carbonyl (C=O) groups is 1. The average Bonchev–Trinajstić information content (AvgIpc) is 3.33. The molecule has 0 aliphatic carbocycles. The Labute approximate surface area is 421 Å². The largest absolute Gasteiger partial charge is 0.394 e. The van der Waals surface area contributed by atoms with Gasteiger partial charge in [-0.25, -0.2) is 0 Å². The maximum atomic E-state index is 12.5. The van der Waals surface area contributed by atoms with Crippen molar-refractivity contribution in [3.8, 4) is 0 Å². The summed E-state index contributed by atoms with van der Waals surface area (Å²) in [6.45, 7) is 4.34. The van der Waals surface area contributed by atoms with Crippen LogP contribution in [0.5, 0.6) is 0 Å². The SMILES string of the molecule is CCCCCCCCCCCCCCC/C=C/CC/C=C/C(O)C(CO)NC(=O)CCCCCCCCCCCCCCCCCCCCCCCCCCCCCCCCCCCCCC. The molecular formula is C63H123NO3. The summed E-state index contributed by atoms with van der Waals surface area (Å²) >= 11 is 0. The molecule has 0 bridgehead atoms. The third kappa shape index (κ3) is 55.7. The van der Waals surface area contributed by atoms with Crippen molar-refractivity contribution in [2.24, 2.45) is 0 Å². The van der Waals surface area contributed by atoms with Crippen LogP contribution < -0.4 is 5.32 Å². The van der Waals surface area contributed by atoms with Gasteiger partial charge in [-0.3, -0.25) is 4.79 Å². The summed E-state index contributed by atoms with van der Waals surface area (Å²) < 4.78 is 0. The van der Waals surface area contributed by atoms with Crippen molar-refractivity contribution in [1.29, 1.82) is 0 Å². The van der Waals surface area contributed by atoms with Crippen LogP contribution in [0, 0.1) is 0 Å². The first-order valence-corrected chi connectivity index (χ1v) is 31.1. The van der Waals surface area contributed by atoms with Crippen molar-refractivity contribution >= 4 is 5.91 Å². The molecule has 398 valence electrons. The number of hydrogen-bond donors (Lipinski definition) is 3. The maximum Gasteiger partial charge on any atom is 0.220 e. The fourth-order valence-electron chi connectivity index (χ4n) is 9.97. The first-order chi connectivity index (χ1) is 33.2. The van der Waals surface area contributed by atoms with Crippen molar-refractivity contribution in [3.05, 3.63) is 24.3 Å². The Kier molecular flexibility index (Phi) is 58.2. The predicted molar refractivity (Wildman–Crippen MR) is 299 cm³/mol. The minimum Gasteiger partial charge on any atom is -0.394 e. The minimum atomic E-state index is -0.860. The highest BCUT2D eigenvalue weighted by atomic mass is 16.3. The molecule has 4 heteroatoms. The van der Waals surface area contributed by atoms with Gasteiger partial charge in [0.1, 0.15) is 0 Å². The zero-order chi connectivity index (χ0) is 48.5. The van der Waals surface area contributed by atoms with Crippen molar-refractivity contribution in [3.63, 3.8) is 0 Å². The molecule has 0 aliphatic heterocycles. The highest BCUT2D eigenvalue weighted by Gasteiger charge is 2.18. The molecule has 0 heterocycles. The van der Waals surface area contributed by atoms with E-state index in [0.717, 1.165) is 32.1 Å². The first kappa shape index (κ1) is 65.9. The molecule has 2 atom stereocenters. The Morgan fingerprint density at radius 3 is 0.866 bits per heavy atom. The van der Waals surface area contributed by atoms with Gasteiger partial charge in [0.2, 0.25) is 5.91 Å². The van der Waals surface area contributed by atoms with E-state index in [1.807, 2.05) is 6.08 Å². The lowest BCUT2D eigenvalue weighted by atomic mass is 10.0. The number of carbonyl (C=O) groups excluding carboxylic acids is 1. The van der Waals surface area contributed by atoms with Crippen molar-refractivity contribution in [2.45, 2.75) is 366 Å². The van der Waals surface area contributed by atoms with Crippen LogP contribution in [0.15, 0.2) is 24.3 Å². The summed E-state index contributed by atoms with van der Waals surface area (Å²) in [5.74, 6) is -0.0659. The molecule has 0 spiro atoms. The third-order valence-corrected chi connectivity index (χ3v) is 14.7. The molecule has 3 N–H and O–H groups in total. The van der Waals surface area contributed by atoms with Crippen LogP contribution in [0.3, 0.4) is 0 Å². The van der Waals surface area contributed by atoms with E-state index in [1.54, 1.807) is 6.08 Å². The third-order valence-electron chi connectivity index (χ3n) is 14.7. The van der Waals surface area contributed by atoms with E-state index in [9.17, 15) is 15.0 Å². The van der Waals surface area contributed by atoms with Crippen molar-refractivity contribution < 1.29 is 15.0 Å². The highest BCUT2D eigenvalue weighted by Crippen LogP contribution is 2.18. The molecular weight excluding hydrogens is 819 g/mol. The number of rotatable bonds is 58. The van der Waals surface area contributed by atoms with E-state index in [2.05, 4.69) is 31.3 Å². The van der Waals surface area contributed by atoms with Crippen LogP contribution in [0.2, 0.25) is 0 Å². The van der Waals surface area contributed by atoms with Gasteiger partial charge in [0, 0.05) is 6.42 Å². The number of aliphatic hydroxyl groups is 2. The van der Waals surface area contributed by atoms with Gasteiger partial charge < -0.3 is 15.5 Å². The second-order valence-corrected chi connectivity index (χ2v) is 21.5. The van der Waals surface area contributed by atoms with E-state index in [-0.39, 0.29) is 12.5 Å². The fourth-order valence-corrected chi connectivity index (χ4v) is 9.97. The number of nitrogens with one attached hydrogen (secondary N) is 1. The normalized spacial score (nSPS) is 12.8. The van der Waals surface area contributed by atoms with Gasteiger partial charge in [0.25, 0.3) is 0 Å². The molecule has 0 saturated carbocycles. The second kappa shape index (κ2) is 59.2. The number of unbranched alkanes of at least 4 members (excludes halogenated alkanes) is 49. The summed E-state index contributed by atoms with van der Waals surface area (Å²) in [5, 5.41) is 23.2. The average molecular weight is 943 g/mol. The Morgan fingerprint density at radius 1 is 0.343 bits per heavy atom. The quantitative estimate of drug-likeness (QED) is 0.0420. The van der Waals surface area contributed by atoms with Crippen LogP contribution in [0.25, 0.3) is 0 Å². The lowest BCUT2D eigenvalue weighted by molar-refractivity contribution is -0.123. The van der Waals surface area contributed by atoms with Crippen LogP contribution in [-0.4, -0.2) is 34.9 Å². The van der Waals surface area contributed by atoms with Crippen molar-refractivity contribution in [1.82, 2.24) is 5.32 Å². The van der Waals surface area contributed by atoms with Crippen LogP contribution >= 0.6 is 0 Å². The predicted octanol–water partition coefficient (Wildman–Crippen LogP) is 20.7. The smallest absolute Gasteiger partial charge is 0.220 e. The maximum absolute atomic E-state index is 12.5. The topological polar surface area (TPSA) is 69.6 Å². The van der Waals surface area contributed by atoms with Crippen LogP contribution in [-0.2, 0) is 4.79 Å². The minimum absolute atomic E-state index is 0.0659. The molecule has 0 aliphatic rings. The highest BCUT2D eigenvalue weighted by molar-refractivity contribution is 5.76. The van der Waals surface area contributed by atoms with E-state index >= 15 is 0 Å².